The van der Waals surface area contributed by atoms with Crippen LogP contribution in [0.4, 0.5) is 4.39 Å². The molecular weight excluding hydrogens is 231 g/mol. The minimum Gasteiger partial charge on any atom is -0.481 e. The number of hydrogen-bond acceptors (Lipinski definition) is 1. The fourth-order valence-corrected chi connectivity index (χ4v) is 2.90. The molecule has 0 heterocycles. The normalized spacial score (nSPS) is 24.5. The smallest absolute Gasteiger partial charge is 0.306 e. The molecule has 1 fully saturated rings. The predicted molar refractivity (Wildman–Crippen MR) is 67.8 cm³/mol. The molecule has 18 heavy (non-hydrogen) atoms. The van der Waals surface area contributed by atoms with Crippen LogP contribution in [-0.2, 0) is 11.2 Å². The van der Waals surface area contributed by atoms with Gasteiger partial charge in [0.25, 0.3) is 0 Å². The average molecular weight is 250 g/mol. The van der Waals surface area contributed by atoms with Gasteiger partial charge in [-0.2, -0.15) is 0 Å². The molecular formula is C15H19FO2. The van der Waals surface area contributed by atoms with Gasteiger partial charge in [0.2, 0.25) is 0 Å². The quantitative estimate of drug-likeness (QED) is 0.831. The topological polar surface area (TPSA) is 37.3 Å². The number of rotatable bonds is 3. The molecule has 2 unspecified atom stereocenters. The van der Waals surface area contributed by atoms with Crippen LogP contribution in [0.1, 0.15) is 37.7 Å². The number of carboxylic acids is 1. The number of benzene rings is 1. The van der Waals surface area contributed by atoms with Gasteiger partial charge in [-0.25, -0.2) is 4.39 Å². The van der Waals surface area contributed by atoms with Crippen molar-refractivity contribution in [3.63, 3.8) is 0 Å². The third-order valence-corrected chi connectivity index (χ3v) is 3.92. The minimum atomic E-state index is -0.724. The van der Waals surface area contributed by atoms with E-state index in [1.54, 1.807) is 12.1 Å². The van der Waals surface area contributed by atoms with Gasteiger partial charge in [0.05, 0.1) is 5.92 Å². The van der Waals surface area contributed by atoms with Crippen molar-refractivity contribution < 1.29 is 14.3 Å². The molecule has 2 nitrogen and oxygen atoms in total. The Kier molecular flexibility index (Phi) is 4.34. The summed E-state index contributed by atoms with van der Waals surface area (Å²) in [5, 5.41) is 9.29. The van der Waals surface area contributed by atoms with Gasteiger partial charge in [-0.1, -0.05) is 37.5 Å². The van der Waals surface area contributed by atoms with E-state index in [0.717, 1.165) is 32.1 Å². The molecule has 0 saturated heterocycles. The standard InChI is InChI=1S/C15H19FO2/c16-14-9-5-4-7-12(14)10-11-6-2-1-3-8-13(11)15(17)18/h4-5,7,9,11,13H,1-3,6,8,10H2,(H,17,18). The summed E-state index contributed by atoms with van der Waals surface area (Å²) in [7, 11) is 0. The van der Waals surface area contributed by atoms with E-state index in [9.17, 15) is 14.3 Å². The molecule has 2 atom stereocenters. The molecule has 1 saturated carbocycles. The number of carboxylic acid groups (broad SMARTS) is 1. The van der Waals surface area contributed by atoms with E-state index in [4.69, 9.17) is 0 Å². The fraction of sp³-hybridized carbons (Fsp3) is 0.533. The van der Waals surface area contributed by atoms with E-state index in [2.05, 4.69) is 0 Å². The van der Waals surface area contributed by atoms with Gasteiger partial charge in [0.15, 0.2) is 0 Å². The summed E-state index contributed by atoms with van der Waals surface area (Å²) in [5.41, 5.74) is 0.649. The van der Waals surface area contributed by atoms with Crippen molar-refractivity contribution in [2.75, 3.05) is 0 Å². The summed E-state index contributed by atoms with van der Waals surface area (Å²) in [6.45, 7) is 0. The first-order valence-electron chi connectivity index (χ1n) is 6.64. The Bertz CT molecular complexity index is 417. The van der Waals surface area contributed by atoms with Crippen molar-refractivity contribution in [1.82, 2.24) is 0 Å². The molecule has 0 spiro atoms. The monoisotopic (exact) mass is 250 g/mol. The Hall–Kier alpha value is -1.38. The number of hydrogen-bond donors (Lipinski definition) is 1. The Morgan fingerprint density at radius 2 is 1.94 bits per heavy atom. The van der Waals surface area contributed by atoms with Crippen LogP contribution in [-0.4, -0.2) is 11.1 Å². The highest BCUT2D eigenvalue weighted by Crippen LogP contribution is 2.32. The van der Waals surface area contributed by atoms with Crippen LogP contribution in [0.5, 0.6) is 0 Å². The van der Waals surface area contributed by atoms with E-state index in [1.165, 1.54) is 6.07 Å². The molecule has 3 heteroatoms. The molecule has 0 amide bonds. The van der Waals surface area contributed by atoms with Gasteiger partial charge in [0, 0.05) is 0 Å². The third-order valence-electron chi connectivity index (χ3n) is 3.92. The molecule has 0 radical (unpaired) electrons. The lowest BCUT2D eigenvalue weighted by molar-refractivity contribution is -0.143. The lowest BCUT2D eigenvalue weighted by Crippen LogP contribution is -2.24. The maximum absolute atomic E-state index is 13.6. The number of halogens is 1. The first-order chi connectivity index (χ1) is 8.68. The van der Waals surface area contributed by atoms with Crippen LogP contribution in [0.2, 0.25) is 0 Å². The van der Waals surface area contributed by atoms with Gasteiger partial charge in [-0.05, 0) is 36.8 Å². The van der Waals surface area contributed by atoms with Crippen molar-refractivity contribution in [1.29, 1.82) is 0 Å². The Balaban J connectivity index is 2.14. The van der Waals surface area contributed by atoms with Gasteiger partial charge in [-0.3, -0.25) is 4.79 Å². The van der Waals surface area contributed by atoms with Crippen LogP contribution in [0.3, 0.4) is 0 Å². The highest BCUT2D eigenvalue weighted by atomic mass is 19.1. The lowest BCUT2D eigenvalue weighted by atomic mass is 9.83. The van der Waals surface area contributed by atoms with E-state index < -0.39 is 5.97 Å². The zero-order valence-corrected chi connectivity index (χ0v) is 10.4. The van der Waals surface area contributed by atoms with E-state index in [1.807, 2.05) is 6.07 Å². The zero-order valence-electron chi connectivity index (χ0n) is 10.4. The molecule has 98 valence electrons. The Morgan fingerprint density at radius 3 is 2.67 bits per heavy atom. The van der Waals surface area contributed by atoms with E-state index in [0.29, 0.717) is 12.0 Å². The van der Waals surface area contributed by atoms with Gasteiger partial charge in [0.1, 0.15) is 5.82 Å². The van der Waals surface area contributed by atoms with Crippen LogP contribution in [0.15, 0.2) is 24.3 Å². The van der Waals surface area contributed by atoms with Gasteiger partial charge >= 0.3 is 5.97 Å². The second kappa shape index (κ2) is 5.98. The maximum Gasteiger partial charge on any atom is 0.306 e. The maximum atomic E-state index is 13.6. The number of aliphatic carboxylic acids is 1. The molecule has 1 aromatic rings. The van der Waals surface area contributed by atoms with Crippen LogP contribution in [0, 0.1) is 17.7 Å². The molecule has 0 aromatic heterocycles. The first kappa shape index (κ1) is 13.1. The minimum absolute atomic E-state index is 0.0712. The molecule has 0 aliphatic heterocycles. The summed E-state index contributed by atoms with van der Waals surface area (Å²) >= 11 is 0. The van der Waals surface area contributed by atoms with E-state index >= 15 is 0 Å². The van der Waals surface area contributed by atoms with Gasteiger partial charge in [-0.15, -0.1) is 0 Å². The first-order valence-corrected chi connectivity index (χ1v) is 6.64. The second-order valence-electron chi connectivity index (χ2n) is 5.14. The Morgan fingerprint density at radius 1 is 1.22 bits per heavy atom. The molecule has 1 aliphatic rings. The summed E-state index contributed by atoms with van der Waals surface area (Å²) < 4.78 is 13.6. The Labute approximate surface area is 107 Å². The molecule has 0 bridgehead atoms. The van der Waals surface area contributed by atoms with E-state index in [-0.39, 0.29) is 17.7 Å². The highest BCUT2D eigenvalue weighted by Gasteiger charge is 2.29. The summed E-state index contributed by atoms with van der Waals surface area (Å²) in [6.07, 6.45) is 5.30. The zero-order chi connectivity index (χ0) is 13.0. The van der Waals surface area contributed by atoms with Crippen molar-refractivity contribution in [2.45, 2.75) is 38.5 Å². The van der Waals surface area contributed by atoms with Crippen molar-refractivity contribution in [3.05, 3.63) is 35.6 Å². The average Bonchev–Trinajstić information content (AvgIpc) is 2.57. The van der Waals surface area contributed by atoms with Crippen molar-refractivity contribution >= 4 is 5.97 Å². The third kappa shape index (κ3) is 3.09. The van der Waals surface area contributed by atoms with Crippen molar-refractivity contribution in [2.24, 2.45) is 11.8 Å². The summed E-state index contributed by atoms with van der Waals surface area (Å²) in [4.78, 5) is 11.3. The summed E-state index contributed by atoms with van der Waals surface area (Å²) in [6, 6.07) is 6.69. The number of carbonyl (C=O) groups is 1. The van der Waals surface area contributed by atoms with Gasteiger partial charge < -0.3 is 5.11 Å². The SMILES string of the molecule is O=C(O)C1CCCCCC1Cc1ccccc1F. The molecule has 1 N–H and O–H groups in total. The molecule has 1 aliphatic carbocycles. The second-order valence-corrected chi connectivity index (χ2v) is 5.14. The predicted octanol–water partition coefficient (Wildman–Crippen LogP) is 3.65. The van der Waals surface area contributed by atoms with Crippen LogP contribution < -0.4 is 0 Å². The summed E-state index contributed by atoms with van der Waals surface area (Å²) in [5.74, 6) is -1.18. The fourth-order valence-electron chi connectivity index (χ4n) is 2.90. The molecule has 2 rings (SSSR count). The molecule has 1 aromatic carbocycles. The van der Waals surface area contributed by atoms with Crippen LogP contribution in [0.25, 0.3) is 0 Å². The largest absolute Gasteiger partial charge is 0.481 e. The van der Waals surface area contributed by atoms with Crippen molar-refractivity contribution in [3.8, 4) is 0 Å². The van der Waals surface area contributed by atoms with Crippen LogP contribution >= 0.6 is 0 Å². The lowest BCUT2D eigenvalue weighted by Gasteiger charge is -2.21. The highest BCUT2D eigenvalue weighted by molar-refractivity contribution is 5.70.